The number of benzene rings is 1. The van der Waals surface area contributed by atoms with Crippen molar-refractivity contribution >= 4 is 12.0 Å². The molecule has 0 spiro atoms. The van der Waals surface area contributed by atoms with E-state index in [1.54, 1.807) is 0 Å². The van der Waals surface area contributed by atoms with Crippen LogP contribution in [-0.2, 0) is 16.0 Å². The predicted molar refractivity (Wildman–Crippen MR) is 75.5 cm³/mol. The zero-order chi connectivity index (χ0) is 13.3. The fourth-order valence-corrected chi connectivity index (χ4v) is 3.30. The second-order valence-corrected chi connectivity index (χ2v) is 5.90. The molecule has 0 aromatic heterocycles. The first kappa shape index (κ1) is 12.7. The van der Waals surface area contributed by atoms with Gasteiger partial charge in [-0.1, -0.05) is 18.2 Å². The molecule has 0 radical (unpaired) electrons. The topological polar surface area (TPSA) is 29.5 Å². The zero-order valence-electron chi connectivity index (χ0n) is 11.5. The molecule has 1 aromatic carbocycles. The largest absolute Gasteiger partial charge is 0.381 e. The van der Waals surface area contributed by atoms with E-state index in [0.717, 1.165) is 25.8 Å². The Bertz CT molecular complexity index is 466. The molecular weight excluding hydrogens is 238 g/mol. The van der Waals surface area contributed by atoms with Crippen LogP contribution in [0.25, 0.3) is 0 Å². The highest BCUT2D eigenvalue weighted by Crippen LogP contribution is 2.37. The fourth-order valence-electron chi connectivity index (χ4n) is 3.30. The van der Waals surface area contributed by atoms with E-state index in [2.05, 4.69) is 36.1 Å². The highest BCUT2D eigenvalue weighted by molar-refractivity contribution is 5.65. The van der Waals surface area contributed by atoms with Crippen molar-refractivity contribution in [1.82, 2.24) is 0 Å². The first-order valence-electron chi connectivity index (χ1n) is 7.13. The number of nitrogens with zero attached hydrogens (tertiary/aromatic N) is 1. The van der Waals surface area contributed by atoms with Crippen LogP contribution in [-0.4, -0.2) is 32.1 Å². The van der Waals surface area contributed by atoms with Crippen LogP contribution in [0.3, 0.4) is 0 Å². The van der Waals surface area contributed by atoms with Crippen LogP contribution < -0.4 is 4.90 Å². The Hall–Kier alpha value is -1.35. The van der Waals surface area contributed by atoms with E-state index in [4.69, 9.17) is 4.74 Å². The summed E-state index contributed by atoms with van der Waals surface area (Å²) in [6, 6.07) is 9.04. The second kappa shape index (κ2) is 4.97. The Morgan fingerprint density at radius 1 is 1.37 bits per heavy atom. The van der Waals surface area contributed by atoms with Crippen molar-refractivity contribution in [2.75, 3.05) is 24.7 Å². The van der Waals surface area contributed by atoms with Gasteiger partial charge in [0.25, 0.3) is 0 Å². The molecule has 2 aliphatic rings. The van der Waals surface area contributed by atoms with Gasteiger partial charge in [0, 0.05) is 36.9 Å². The smallest absolute Gasteiger partial charge is 0.128 e. The number of anilines is 1. The molecule has 102 valence electrons. The summed E-state index contributed by atoms with van der Waals surface area (Å²) in [6.45, 7) is 4.50. The monoisotopic (exact) mass is 259 g/mol. The van der Waals surface area contributed by atoms with Crippen LogP contribution in [0.2, 0.25) is 0 Å². The van der Waals surface area contributed by atoms with Gasteiger partial charge in [-0.15, -0.1) is 0 Å². The van der Waals surface area contributed by atoms with E-state index in [-0.39, 0.29) is 5.41 Å². The lowest BCUT2D eigenvalue weighted by atomic mass is 9.81. The number of para-hydroxylation sites is 1. The maximum absolute atomic E-state index is 11.6. The summed E-state index contributed by atoms with van der Waals surface area (Å²) >= 11 is 0. The van der Waals surface area contributed by atoms with Gasteiger partial charge in [0.2, 0.25) is 0 Å². The molecule has 3 heteroatoms. The molecule has 2 aliphatic heterocycles. The Morgan fingerprint density at radius 3 is 2.84 bits per heavy atom. The quantitative estimate of drug-likeness (QED) is 0.781. The van der Waals surface area contributed by atoms with Gasteiger partial charge in [0.1, 0.15) is 6.29 Å². The average Bonchev–Trinajstić information content (AvgIpc) is 2.76. The number of hydrogen-bond donors (Lipinski definition) is 0. The molecule has 1 fully saturated rings. The van der Waals surface area contributed by atoms with Crippen molar-refractivity contribution in [3.8, 4) is 0 Å². The molecule has 0 bridgehead atoms. The molecule has 1 saturated heterocycles. The van der Waals surface area contributed by atoms with Crippen molar-refractivity contribution in [3.05, 3.63) is 29.8 Å². The van der Waals surface area contributed by atoms with E-state index in [1.807, 2.05) is 0 Å². The van der Waals surface area contributed by atoms with Gasteiger partial charge in [0.05, 0.1) is 0 Å². The maximum Gasteiger partial charge on any atom is 0.128 e. The third-order valence-electron chi connectivity index (χ3n) is 4.57. The molecule has 1 aromatic rings. The van der Waals surface area contributed by atoms with E-state index in [1.165, 1.54) is 17.5 Å². The lowest BCUT2D eigenvalue weighted by Gasteiger charge is -2.38. The van der Waals surface area contributed by atoms with Crippen LogP contribution >= 0.6 is 0 Å². The van der Waals surface area contributed by atoms with Crippen molar-refractivity contribution < 1.29 is 9.53 Å². The van der Waals surface area contributed by atoms with Gasteiger partial charge >= 0.3 is 0 Å². The Labute approximate surface area is 114 Å². The highest BCUT2D eigenvalue weighted by Gasteiger charge is 2.37. The zero-order valence-corrected chi connectivity index (χ0v) is 11.5. The minimum absolute atomic E-state index is 0.218. The number of rotatable bonds is 3. The molecule has 19 heavy (non-hydrogen) atoms. The second-order valence-electron chi connectivity index (χ2n) is 5.90. The molecule has 0 N–H and O–H groups in total. The van der Waals surface area contributed by atoms with Crippen LogP contribution in [0.1, 0.15) is 25.3 Å². The van der Waals surface area contributed by atoms with Crippen molar-refractivity contribution in [3.63, 3.8) is 0 Å². The van der Waals surface area contributed by atoms with Crippen molar-refractivity contribution in [1.29, 1.82) is 0 Å². The summed E-state index contributed by atoms with van der Waals surface area (Å²) in [7, 11) is 0. The van der Waals surface area contributed by atoms with Gasteiger partial charge < -0.3 is 14.4 Å². The standard InChI is InChI=1S/C16H21NO2/c1-13-10-14-4-2-3-5-15(14)17(13)11-16(12-18)6-8-19-9-7-16/h2-5,12-13H,6-11H2,1H3. The lowest BCUT2D eigenvalue weighted by Crippen LogP contribution is -2.44. The number of ether oxygens (including phenoxy) is 1. The summed E-state index contributed by atoms with van der Waals surface area (Å²) in [5.41, 5.74) is 2.50. The number of carbonyl (C=O) groups is 1. The van der Waals surface area contributed by atoms with Crippen LogP contribution in [0, 0.1) is 5.41 Å². The predicted octanol–water partition coefficient (Wildman–Crippen LogP) is 2.43. The van der Waals surface area contributed by atoms with Crippen LogP contribution in [0.4, 0.5) is 5.69 Å². The Kier molecular flexibility index (Phi) is 3.31. The first-order chi connectivity index (χ1) is 9.24. The molecule has 3 rings (SSSR count). The maximum atomic E-state index is 11.6. The summed E-state index contributed by atoms with van der Waals surface area (Å²) < 4.78 is 5.41. The molecule has 0 saturated carbocycles. The third kappa shape index (κ3) is 2.27. The minimum Gasteiger partial charge on any atom is -0.381 e. The lowest BCUT2D eigenvalue weighted by molar-refractivity contribution is -0.120. The van der Waals surface area contributed by atoms with Crippen molar-refractivity contribution in [2.24, 2.45) is 5.41 Å². The summed E-state index contributed by atoms with van der Waals surface area (Å²) in [5, 5.41) is 0. The number of carbonyl (C=O) groups excluding carboxylic acids is 1. The SMILES string of the molecule is CC1Cc2ccccc2N1CC1(C=O)CCOCC1. The van der Waals surface area contributed by atoms with E-state index in [9.17, 15) is 4.79 Å². The van der Waals surface area contributed by atoms with Gasteiger partial charge in [-0.2, -0.15) is 0 Å². The van der Waals surface area contributed by atoms with Gasteiger partial charge in [-0.05, 0) is 37.8 Å². The Morgan fingerprint density at radius 2 is 2.11 bits per heavy atom. The normalized spacial score (nSPS) is 25.1. The highest BCUT2D eigenvalue weighted by atomic mass is 16.5. The van der Waals surface area contributed by atoms with Gasteiger partial charge in [-0.25, -0.2) is 0 Å². The summed E-state index contributed by atoms with van der Waals surface area (Å²) in [6.07, 6.45) is 3.95. The van der Waals surface area contributed by atoms with E-state index in [0.29, 0.717) is 19.3 Å². The van der Waals surface area contributed by atoms with Gasteiger partial charge in [-0.3, -0.25) is 0 Å². The van der Waals surface area contributed by atoms with Crippen LogP contribution in [0.15, 0.2) is 24.3 Å². The van der Waals surface area contributed by atoms with E-state index >= 15 is 0 Å². The molecule has 1 unspecified atom stereocenters. The van der Waals surface area contributed by atoms with E-state index < -0.39 is 0 Å². The first-order valence-corrected chi connectivity index (χ1v) is 7.13. The molecule has 0 aliphatic carbocycles. The molecule has 3 nitrogen and oxygen atoms in total. The number of aldehydes is 1. The van der Waals surface area contributed by atoms with Crippen LogP contribution in [0.5, 0.6) is 0 Å². The molecule has 2 heterocycles. The van der Waals surface area contributed by atoms with Gasteiger partial charge in [0.15, 0.2) is 0 Å². The van der Waals surface area contributed by atoms with Crippen molar-refractivity contribution in [2.45, 2.75) is 32.2 Å². The molecule has 1 atom stereocenters. The average molecular weight is 259 g/mol. The minimum atomic E-state index is -0.218. The number of fused-ring (bicyclic) bond motifs is 1. The molecule has 0 amide bonds. The number of hydrogen-bond acceptors (Lipinski definition) is 3. The molecular formula is C16H21NO2. The summed E-state index contributed by atoms with van der Waals surface area (Å²) in [4.78, 5) is 14.0. The Balaban J connectivity index is 1.84. The summed E-state index contributed by atoms with van der Waals surface area (Å²) in [5.74, 6) is 0. The fraction of sp³-hybridized carbons (Fsp3) is 0.562. The third-order valence-corrected chi connectivity index (χ3v) is 4.57.